The molecular formula is C26H24N6O4. The van der Waals surface area contributed by atoms with Crippen molar-refractivity contribution in [1.82, 2.24) is 19.9 Å². The van der Waals surface area contributed by atoms with Gasteiger partial charge in [-0.2, -0.15) is 9.97 Å². The van der Waals surface area contributed by atoms with E-state index in [-0.39, 0.29) is 12.1 Å². The summed E-state index contributed by atoms with van der Waals surface area (Å²) in [5, 5.41) is 3.88. The zero-order valence-electron chi connectivity index (χ0n) is 19.6. The van der Waals surface area contributed by atoms with Crippen molar-refractivity contribution >= 4 is 39.7 Å². The Labute approximate surface area is 205 Å². The fourth-order valence-electron chi connectivity index (χ4n) is 4.46. The second kappa shape index (κ2) is 8.97. The van der Waals surface area contributed by atoms with E-state index in [4.69, 9.17) is 24.6 Å². The number of ether oxygens (including phenoxy) is 2. The summed E-state index contributed by atoms with van der Waals surface area (Å²) < 4.78 is 17.7. The van der Waals surface area contributed by atoms with Crippen molar-refractivity contribution in [3.8, 4) is 17.0 Å². The Balaban J connectivity index is 1.46. The minimum atomic E-state index is -0.543. The van der Waals surface area contributed by atoms with E-state index in [2.05, 4.69) is 20.3 Å². The molecule has 5 aromatic rings. The number of fused-ring (bicyclic) bond motifs is 2. The van der Waals surface area contributed by atoms with Crippen LogP contribution in [0, 0.1) is 6.92 Å². The van der Waals surface area contributed by atoms with E-state index in [0.29, 0.717) is 47.5 Å². The highest BCUT2D eigenvalue weighted by Gasteiger charge is 2.22. The van der Waals surface area contributed by atoms with Crippen molar-refractivity contribution in [1.29, 1.82) is 0 Å². The lowest BCUT2D eigenvalue weighted by Crippen LogP contribution is -2.26. The summed E-state index contributed by atoms with van der Waals surface area (Å²) in [6.45, 7) is 3.10. The van der Waals surface area contributed by atoms with E-state index in [1.807, 2.05) is 31.3 Å². The number of carbonyl (C=O) groups excluding carboxylic acids is 1. The molecule has 6 rings (SSSR count). The number of hydrogen-bond acceptors (Lipinski definition) is 8. The average Bonchev–Trinajstić information content (AvgIpc) is 3.47. The predicted molar refractivity (Wildman–Crippen MR) is 134 cm³/mol. The van der Waals surface area contributed by atoms with Crippen LogP contribution in [0.1, 0.15) is 29.1 Å². The van der Waals surface area contributed by atoms with Gasteiger partial charge in [0.15, 0.2) is 11.5 Å². The van der Waals surface area contributed by atoms with Gasteiger partial charge < -0.3 is 29.9 Å². The summed E-state index contributed by atoms with van der Waals surface area (Å²) in [4.78, 5) is 28.9. The van der Waals surface area contributed by atoms with Crippen molar-refractivity contribution in [2.75, 3.05) is 18.5 Å². The van der Waals surface area contributed by atoms with Gasteiger partial charge in [-0.05, 0) is 29.8 Å². The largest absolute Gasteiger partial charge is 0.474 e. The molecule has 10 heteroatoms. The van der Waals surface area contributed by atoms with Crippen LogP contribution in [0.25, 0.3) is 33.3 Å². The lowest BCUT2D eigenvalue weighted by Gasteiger charge is -2.23. The van der Waals surface area contributed by atoms with Gasteiger partial charge >= 0.3 is 0 Å². The molecule has 1 amide bonds. The predicted octanol–water partition coefficient (Wildman–Crippen LogP) is 4.47. The lowest BCUT2D eigenvalue weighted by atomic mass is 10.1. The molecule has 0 atom stereocenters. The van der Waals surface area contributed by atoms with Crippen LogP contribution in [0.15, 0.2) is 53.1 Å². The van der Waals surface area contributed by atoms with Crippen LogP contribution < -0.4 is 15.8 Å². The van der Waals surface area contributed by atoms with E-state index in [1.165, 1.54) is 0 Å². The zero-order valence-corrected chi connectivity index (χ0v) is 19.6. The molecule has 1 fully saturated rings. The van der Waals surface area contributed by atoms with Crippen LogP contribution in [0.3, 0.4) is 0 Å². The normalized spacial score (nSPS) is 14.4. The molecule has 0 radical (unpaired) electrons. The number of aryl methyl sites for hydroxylation is 1. The third-order valence-electron chi connectivity index (χ3n) is 6.19. The summed E-state index contributed by atoms with van der Waals surface area (Å²) in [7, 11) is 0. The van der Waals surface area contributed by atoms with Crippen molar-refractivity contribution in [3.63, 3.8) is 0 Å². The first kappa shape index (κ1) is 22.1. The SMILES string of the molecule is Cc1nc2ccc(-c3c[nH]c4nc(Nc5ccccc5C(N)=O)nc(OC5CCOCC5)c34)cc2o1. The number of nitrogens with zero attached hydrogens (tertiary/aromatic N) is 3. The topological polar surface area (TPSA) is 141 Å². The number of primary amides is 1. The second-order valence-corrected chi connectivity index (χ2v) is 8.66. The summed E-state index contributed by atoms with van der Waals surface area (Å²) >= 11 is 0. The van der Waals surface area contributed by atoms with E-state index < -0.39 is 5.91 Å². The molecule has 36 heavy (non-hydrogen) atoms. The highest BCUT2D eigenvalue weighted by molar-refractivity contribution is 6.00. The molecule has 182 valence electrons. The number of para-hydroxylation sites is 1. The molecule has 4 heterocycles. The van der Waals surface area contributed by atoms with Crippen LogP contribution in [-0.2, 0) is 4.74 Å². The number of amides is 1. The maximum absolute atomic E-state index is 11.9. The summed E-state index contributed by atoms with van der Waals surface area (Å²) in [6.07, 6.45) is 3.37. The van der Waals surface area contributed by atoms with Crippen LogP contribution >= 0.6 is 0 Å². The molecule has 0 unspecified atom stereocenters. The molecule has 4 N–H and O–H groups in total. The Kier molecular flexibility index (Phi) is 5.49. The van der Waals surface area contributed by atoms with Crippen molar-refractivity contribution in [2.24, 2.45) is 5.73 Å². The van der Waals surface area contributed by atoms with E-state index in [0.717, 1.165) is 34.9 Å². The number of aromatic nitrogens is 4. The number of benzene rings is 2. The average molecular weight is 485 g/mol. The van der Waals surface area contributed by atoms with Gasteiger partial charge in [0.05, 0.1) is 29.9 Å². The van der Waals surface area contributed by atoms with E-state index in [9.17, 15) is 4.79 Å². The maximum Gasteiger partial charge on any atom is 0.250 e. The van der Waals surface area contributed by atoms with Crippen LogP contribution in [0.4, 0.5) is 11.6 Å². The third-order valence-corrected chi connectivity index (χ3v) is 6.19. The first-order chi connectivity index (χ1) is 17.5. The zero-order chi connectivity index (χ0) is 24.6. The molecule has 10 nitrogen and oxygen atoms in total. The third kappa shape index (κ3) is 4.11. The van der Waals surface area contributed by atoms with Gasteiger partial charge in [-0.15, -0.1) is 0 Å². The summed E-state index contributed by atoms with van der Waals surface area (Å²) in [5.74, 6) is 0.794. The van der Waals surface area contributed by atoms with Crippen LogP contribution in [0.2, 0.25) is 0 Å². The fraction of sp³-hybridized carbons (Fsp3) is 0.231. The smallest absolute Gasteiger partial charge is 0.250 e. The molecule has 0 saturated carbocycles. The van der Waals surface area contributed by atoms with Gasteiger partial charge in [0.25, 0.3) is 5.91 Å². The molecular weight excluding hydrogens is 460 g/mol. The van der Waals surface area contributed by atoms with Gasteiger partial charge in [0.1, 0.15) is 17.3 Å². The highest BCUT2D eigenvalue weighted by atomic mass is 16.5. The monoisotopic (exact) mass is 484 g/mol. The van der Waals surface area contributed by atoms with Gasteiger partial charge in [-0.25, -0.2) is 4.98 Å². The molecule has 3 aromatic heterocycles. The number of nitrogens with two attached hydrogens (primary N) is 1. The quantitative estimate of drug-likeness (QED) is 0.320. The number of H-pyrrole nitrogens is 1. The van der Waals surface area contributed by atoms with Gasteiger partial charge in [0.2, 0.25) is 11.8 Å². The summed E-state index contributed by atoms with van der Waals surface area (Å²) in [6, 6.07) is 12.8. The number of carbonyl (C=O) groups is 1. The lowest BCUT2D eigenvalue weighted by molar-refractivity contribution is 0.0244. The van der Waals surface area contributed by atoms with Gasteiger partial charge in [-0.3, -0.25) is 4.79 Å². The van der Waals surface area contributed by atoms with E-state index >= 15 is 0 Å². The van der Waals surface area contributed by atoms with Gasteiger partial charge in [0, 0.05) is 31.5 Å². The summed E-state index contributed by atoms with van der Waals surface area (Å²) in [5.41, 5.74) is 10.3. The Morgan fingerprint density at radius 1 is 1.14 bits per heavy atom. The molecule has 0 bridgehead atoms. The van der Waals surface area contributed by atoms with Crippen LogP contribution in [0.5, 0.6) is 5.88 Å². The van der Waals surface area contributed by atoms with E-state index in [1.54, 1.807) is 24.3 Å². The number of hydrogen-bond donors (Lipinski definition) is 3. The van der Waals surface area contributed by atoms with Crippen molar-refractivity contribution < 1.29 is 18.7 Å². The number of rotatable bonds is 6. The van der Waals surface area contributed by atoms with Crippen LogP contribution in [-0.4, -0.2) is 45.2 Å². The second-order valence-electron chi connectivity index (χ2n) is 8.66. The highest BCUT2D eigenvalue weighted by Crippen LogP contribution is 2.37. The molecule has 1 aliphatic rings. The van der Waals surface area contributed by atoms with Crippen molar-refractivity contribution in [2.45, 2.75) is 25.9 Å². The van der Waals surface area contributed by atoms with Crippen molar-refractivity contribution in [3.05, 3.63) is 60.1 Å². The molecule has 0 spiro atoms. The minimum absolute atomic E-state index is 0.0373. The number of aromatic amines is 1. The molecule has 1 saturated heterocycles. The van der Waals surface area contributed by atoms with Gasteiger partial charge in [-0.1, -0.05) is 18.2 Å². The number of oxazole rings is 1. The first-order valence-electron chi connectivity index (χ1n) is 11.7. The minimum Gasteiger partial charge on any atom is -0.474 e. The molecule has 1 aliphatic heterocycles. The first-order valence-corrected chi connectivity index (χ1v) is 11.7. The fourth-order valence-corrected chi connectivity index (χ4v) is 4.46. The Hall–Kier alpha value is -4.44. The Morgan fingerprint density at radius 3 is 2.81 bits per heavy atom. The number of anilines is 2. The Bertz CT molecular complexity index is 1580. The maximum atomic E-state index is 11.9. The Morgan fingerprint density at radius 2 is 1.97 bits per heavy atom. The number of nitrogens with one attached hydrogen (secondary N) is 2. The molecule has 0 aliphatic carbocycles. The standard InChI is InChI=1S/C26H24N6O4/c1-14-29-20-7-6-15(12-21(20)35-14)18-13-28-24-22(18)25(36-16-8-10-34-11-9-16)32-26(31-24)30-19-5-3-2-4-17(19)23(27)33/h2-7,12-13,16H,8-11H2,1H3,(H2,27,33)(H2,28,30,31,32). The molecule has 2 aromatic carbocycles.